The van der Waals surface area contributed by atoms with Crippen molar-refractivity contribution >= 4 is 35.2 Å². The molecule has 0 radical (unpaired) electrons. The lowest BCUT2D eigenvalue weighted by Crippen LogP contribution is -2.04. The number of carbonyl (C=O) groups excluding carboxylic acids is 1. The van der Waals surface area contributed by atoms with E-state index in [2.05, 4.69) is 9.97 Å². The number of allylic oxidation sites excluding steroid dienone is 1. The lowest BCUT2D eigenvalue weighted by atomic mass is 10.1. The van der Waals surface area contributed by atoms with Gasteiger partial charge in [-0.05, 0) is 43.3 Å². The number of anilines is 2. The normalized spacial score (nSPS) is 10.9. The summed E-state index contributed by atoms with van der Waals surface area (Å²) in [5.74, 6) is 0.202. The second-order valence-electron chi connectivity index (χ2n) is 4.17. The van der Waals surface area contributed by atoms with Crippen LogP contribution in [-0.2, 0) is 0 Å². The standard InChI is InChI=1S/C14H13ClN4O/c1-8-11(13(16)19-14(17)18-8)6-7-12(20)9-2-4-10(15)5-3-9/h2-7H,1H3,(H4,16,17,18,19). The van der Waals surface area contributed by atoms with Crippen LogP contribution < -0.4 is 11.5 Å². The van der Waals surface area contributed by atoms with E-state index < -0.39 is 0 Å². The maximum Gasteiger partial charge on any atom is 0.222 e. The third-order valence-electron chi connectivity index (χ3n) is 2.71. The summed E-state index contributed by atoms with van der Waals surface area (Å²) in [7, 11) is 0. The number of nitrogens with zero attached hydrogens (tertiary/aromatic N) is 2. The highest BCUT2D eigenvalue weighted by atomic mass is 35.5. The average molecular weight is 289 g/mol. The molecular weight excluding hydrogens is 276 g/mol. The van der Waals surface area contributed by atoms with Gasteiger partial charge in [-0.25, -0.2) is 4.98 Å². The number of ketones is 1. The van der Waals surface area contributed by atoms with Crippen LogP contribution in [-0.4, -0.2) is 15.8 Å². The Morgan fingerprint density at radius 3 is 2.45 bits per heavy atom. The lowest BCUT2D eigenvalue weighted by molar-refractivity contribution is 0.104. The number of aryl methyl sites for hydroxylation is 1. The Morgan fingerprint density at radius 2 is 1.85 bits per heavy atom. The van der Waals surface area contributed by atoms with Crippen molar-refractivity contribution < 1.29 is 4.79 Å². The summed E-state index contributed by atoms with van der Waals surface area (Å²) in [6, 6.07) is 6.64. The molecule has 6 heteroatoms. The van der Waals surface area contributed by atoms with Gasteiger partial charge in [0.25, 0.3) is 0 Å². The molecule has 0 unspecified atom stereocenters. The van der Waals surface area contributed by atoms with Gasteiger partial charge in [-0.15, -0.1) is 0 Å². The lowest BCUT2D eigenvalue weighted by Gasteiger charge is -2.04. The minimum atomic E-state index is -0.155. The van der Waals surface area contributed by atoms with Crippen LogP contribution >= 0.6 is 11.6 Å². The van der Waals surface area contributed by atoms with Crippen molar-refractivity contribution in [3.63, 3.8) is 0 Å². The van der Waals surface area contributed by atoms with E-state index in [4.69, 9.17) is 23.1 Å². The molecule has 0 spiro atoms. The number of nitrogens with two attached hydrogens (primary N) is 2. The SMILES string of the molecule is Cc1nc(N)nc(N)c1C=CC(=O)c1ccc(Cl)cc1. The van der Waals surface area contributed by atoms with Crippen LogP contribution in [0.5, 0.6) is 0 Å². The van der Waals surface area contributed by atoms with Gasteiger partial charge in [-0.2, -0.15) is 4.98 Å². The minimum Gasteiger partial charge on any atom is -0.383 e. The van der Waals surface area contributed by atoms with Gasteiger partial charge in [0.05, 0.1) is 5.69 Å². The number of rotatable bonds is 3. The van der Waals surface area contributed by atoms with Crippen molar-refractivity contribution in [1.82, 2.24) is 9.97 Å². The zero-order valence-electron chi connectivity index (χ0n) is 10.8. The molecule has 0 saturated carbocycles. The molecule has 0 saturated heterocycles. The largest absolute Gasteiger partial charge is 0.383 e. The number of carbonyl (C=O) groups is 1. The fourth-order valence-electron chi connectivity index (χ4n) is 1.70. The summed E-state index contributed by atoms with van der Waals surface area (Å²) >= 11 is 5.77. The maximum absolute atomic E-state index is 12.0. The van der Waals surface area contributed by atoms with Gasteiger partial charge in [0.15, 0.2) is 5.78 Å². The minimum absolute atomic E-state index is 0.112. The van der Waals surface area contributed by atoms with E-state index in [0.717, 1.165) is 0 Å². The van der Waals surface area contributed by atoms with E-state index in [1.54, 1.807) is 37.3 Å². The first-order valence-electron chi connectivity index (χ1n) is 5.85. The molecule has 1 aromatic heterocycles. The van der Waals surface area contributed by atoms with Crippen molar-refractivity contribution in [3.05, 3.63) is 52.2 Å². The highest BCUT2D eigenvalue weighted by molar-refractivity contribution is 6.30. The van der Waals surface area contributed by atoms with E-state index in [0.29, 0.717) is 21.8 Å². The molecule has 0 aliphatic carbocycles. The molecule has 2 rings (SSSR count). The Hall–Kier alpha value is -2.40. The molecule has 20 heavy (non-hydrogen) atoms. The molecule has 0 amide bonds. The molecule has 0 bridgehead atoms. The van der Waals surface area contributed by atoms with Gasteiger partial charge in [-0.3, -0.25) is 4.79 Å². The molecule has 5 nitrogen and oxygen atoms in total. The van der Waals surface area contributed by atoms with Gasteiger partial charge in [0.2, 0.25) is 5.95 Å². The molecule has 1 heterocycles. The highest BCUT2D eigenvalue weighted by Crippen LogP contribution is 2.17. The number of aromatic nitrogens is 2. The topological polar surface area (TPSA) is 94.9 Å². The molecule has 102 valence electrons. The maximum atomic E-state index is 12.0. The first-order chi connectivity index (χ1) is 9.47. The van der Waals surface area contributed by atoms with Crippen molar-refractivity contribution in [1.29, 1.82) is 0 Å². The molecule has 0 aliphatic heterocycles. The van der Waals surface area contributed by atoms with Crippen molar-refractivity contribution in [2.75, 3.05) is 11.5 Å². The predicted octanol–water partition coefficient (Wildman–Crippen LogP) is 2.50. The van der Waals surface area contributed by atoms with Crippen LogP contribution in [0, 0.1) is 6.92 Å². The summed E-state index contributed by atoms with van der Waals surface area (Å²) in [6.07, 6.45) is 3.00. The average Bonchev–Trinajstić information content (AvgIpc) is 2.38. The van der Waals surface area contributed by atoms with Crippen LogP contribution in [0.2, 0.25) is 5.02 Å². The molecule has 0 fully saturated rings. The van der Waals surface area contributed by atoms with Gasteiger partial charge >= 0.3 is 0 Å². The number of halogens is 1. The third kappa shape index (κ3) is 3.13. The predicted molar refractivity (Wildman–Crippen MR) is 80.4 cm³/mol. The fourth-order valence-corrected chi connectivity index (χ4v) is 1.83. The summed E-state index contributed by atoms with van der Waals surface area (Å²) < 4.78 is 0. The van der Waals surface area contributed by atoms with Crippen molar-refractivity contribution in [2.45, 2.75) is 6.92 Å². The first-order valence-corrected chi connectivity index (χ1v) is 6.22. The Balaban J connectivity index is 2.25. The van der Waals surface area contributed by atoms with Crippen molar-refractivity contribution in [2.24, 2.45) is 0 Å². The van der Waals surface area contributed by atoms with E-state index in [1.165, 1.54) is 6.08 Å². The number of nitrogen functional groups attached to an aromatic ring is 2. The van der Waals surface area contributed by atoms with Crippen molar-refractivity contribution in [3.8, 4) is 0 Å². The number of hydrogen-bond acceptors (Lipinski definition) is 5. The van der Waals surface area contributed by atoms with Crippen LogP contribution in [0.4, 0.5) is 11.8 Å². The first kappa shape index (κ1) is 14.0. The van der Waals surface area contributed by atoms with Crippen LogP contribution in [0.15, 0.2) is 30.3 Å². The molecule has 0 atom stereocenters. The molecule has 4 N–H and O–H groups in total. The van der Waals surface area contributed by atoms with Gasteiger partial charge in [-0.1, -0.05) is 11.6 Å². The van der Waals surface area contributed by atoms with Gasteiger partial charge in [0.1, 0.15) is 5.82 Å². The summed E-state index contributed by atoms with van der Waals surface area (Å²) in [5, 5.41) is 0.581. The molecule has 0 aliphatic rings. The molecular formula is C14H13ClN4O. The Kier molecular flexibility index (Phi) is 4.00. The zero-order chi connectivity index (χ0) is 14.7. The third-order valence-corrected chi connectivity index (χ3v) is 2.97. The number of hydrogen-bond donors (Lipinski definition) is 2. The Bertz CT molecular complexity index is 657. The zero-order valence-corrected chi connectivity index (χ0v) is 11.6. The fraction of sp³-hybridized carbons (Fsp3) is 0.0714. The van der Waals surface area contributed by atoms with Crippen LogP contribution in [0.3, 0.4) is 0 Å². The summed E-state index contributed by atoms with van der Waals surface area (Å²) in [5.41, 5.74) is 13.0. The molecule has 2 aromatic rings. The quantitative estimate of drug-likeness (QED) is 0.668. The van der Waals surface area contributed by atoms with Crippen LogP contribution in [0.25, 0.3) is 6.08 Å². The Morgan fingerprint density at radius 1 is 1.20 bits per heavy atom. The smallest absolute Gasteiger partial charge is 0.222 e. The van der Waals surface area contributed by atoms with E-state index >= 15 is 0 Å². The highest BCUT2D eigenvalue weighted by Gasteiger charge is 2.06. The molecule has 1 aromatic carbocycles. The van der Waals surface area contributed by atoms with Crippen LogP contribution in [0.1, 0.15) is 21.6 Å². The van der Waals surface area contributed by atoms with E-state index in [9.17, 15) is 4.79 Å². The van der Waals surface area contributed by atoms with E-state index in [-0.39, 0.29) is 17.5 Å². The second kappa shape index (κ2) is 5.71. The van der Waals surface area contributed by atoms with Gasteiger partial charge < -0.3 is 11.5 Å². The van der Waals surface area contributed by atoms with Gasteiger partial charge in [0, 0.05) is 16.1 Å². The summed E-state index contributed by atoms with van der Waals surface area (Å²) in [6.45, 7) is 1.75. The monoisotopic (exact) mass is 288 g/mol. The second-order valence-corrected chi connectivity index (χ2v) is 4.61. The van der Waals surface area contributed by atoms with E-state index in [1.807, 2.05) is 0 Å². The Labute approximate surface area is 121 Å². The summed E-state index contributed by atoms with van der Waals surface area (Å²) in [4.78, 5) is 19.8. The number of benzene rings is 1.